The Bertz CT molecular complexity index is 1440. The molecule has 2 heterocycles. The molecule has 4 rings (SSSR count). The summed E-state index contributed by atoms with van der Waals surface area (Å²) in [4.78, 5) is 41.3. The summed E-state index contributed by atoms with van der Waals surface area (Å²) in [5.74, 6) is -0.493. The van der Waals surface area contributed by atoms with Gasteiger partial charge in [0, 0.05) is 12.1 Å². The van der Waals surface area contributed by atoms with Crippen molar-refractivity contribution in [2.45, 2.75) is 13.5 Å². The van der Waals surface area contributed by atoms with Gasteiger partial charge in [-0.3, -0.25) is 9.59 Å². The lowest BCUT2D eigenvalue weighted by Crippen LogP contribution is -2.21. The number of anilines is 1. The molecule has 2 aromatic carbocycles. The minimum Gasteiger partial charge on any atom is -0.495 e. The van der Waals surface area contributed by atoms with Gasteiger partial charge in [-0.05, 0) is 49.4 Å². The summed E-state index contributed by atoms with van der Waals surface area (Å²) < 4.78 is 35.1. The molecule has 11 heteroatoms. The topological polar surface area (TPSA) is 121 Å². The molecule has 0 unspecified atom stereocenters. The first kappa shape index (κ1) is 23.5. The van der Waals surface area contributed by atoms with E-state index >= 15 is 0 Å². The molecule has 0 aliphatic carbocycles. The molecule has 0 aliphatic heterocycles. The summed E-state index contributed by atoms with van der Waals surface area (Å²) in [7, 11) is 1.41. The van der Waals surface area contributed by atoms with E-state index in [4.69, 9.17) is 18.7 Å². The predicted molar refractivity (Wildman–Crippen MR) is 121 cm³/mol. The molecule has 4 aromatic rings. The lowest BCUT2D eigenvalue weighted by Gasteiger charge is -2.12. The molecule has 0 bridgehead atoms. The van der Waals surface area contributed by atoms with Gasteiger partial charge in [-0.2, -0.15) is 0 Å². The summed E-state index contributed by atoms with van der Waals surface area (Å²) in [6.07, 6.45) is 0. The van der Waals surface area contributed by atoms with E-state index in [1.807, 2.05) is 0 Å². The fraction of sp³-hybridized carbons (Fsp3) is 0.167. The SMILES string of the molecule is COc1ccc(C(=O)OCc2cc(=O)n3oc(C)cc3n2)cc1NC(=O)COc1ccc(F)cc1. The summed E-state index contributed by atoms with van der Waals surface area (Å²) >= 11 is 0. The number of rotatable bonds is 8. The highest BCUT2D eigenvalue weighted by Crippen LogP contribution is 2.26. The number of aromatic nitrogens is 2. The molecule has 1 amide bonds. The van der Waals surface area contributed by atoms with Crippen LogP contribution in [0.2, 0.25) is 0 Å². The number of carbonyl (C=O) groups excluding carboxylic acids is 2. The number of fused-ring (bicyclic) bond motifs is 1. The normalized spacial score (nSPS) is 10.7. The molecule has 0 aliphatic rings. The van der Waals surface area contributed by atoms with Crippen LogP contribution in [0, 0.1) is 12.7 Å². The van der Waals surface area contributed by atoms with Crippen molar-refractivity contribution in [2.75, 3.05) is 19.0 Å². The number of hydrogen-bond donors (Lipinski definition) is 1. The highest BCUT2D eigenvalue weighted by Gasteiger charge is 2.15. The fourth-order valence-corrected chi connectivity index (χ4v) is 3.17. The maximum absolute atomic E-state index is 13.0. The van der Waals surface area contributed by atoms with Crippen LogP contribution in [-0.2, 0) is 16.1 Å². The van der Waals surface area contributed by atoms with E-state index in [0.29, 0.717) is 22.9 Å². The Kier molecular flexibility index (Phi) is 6.76. The smallest absolute Gasteiger partial charge is 0.338 e. The Morgan fingerprint density at radius 3 is 2.63 bits per heavy atom. The van der Waals surface area contributed by atoms with Gasteiger partial charge in [-0.15, -0.1) is 4.57 Å². The van der Waals surface area contributed by atoms with E-state index in [9.17, 15) is 18.8 Å². The minimum atomic E-state index is -0.698. The van der Waals surface area contributed by atoms with Gasteiger partial charge in [0.05, 0.1) is 24.1 Å². The van der Waals surface area contributed by atoms with Crippen LogP contribution in [-0.4, -0.2) is 35.2 Å². The zero-order chi connectivity index (χ0) is 24.9. The third-order valence-electron chi connectivity index (χ3n) is 4.77. The van der Waals surface area contributed by atoms with E-state index in [2.05, 4.69) is 10.3 Å². The second kappa shape index (κ2) is 10.1. The van der Waals surface area contributed by atoms with Gasteiger partial charge < -0.3 is 24.1 Å². The number of aryl methyl sites for hydroxylation is 1. The zero-order valence-corrected chi connectivity index (χ0v) is 18.7. The number of halogens is 1. The van der Waals surface area contributed by atoms with Crippen molar-refractivity contribution in [1.29, 1.82) is 0 Å². The number of ether oxygens (including phenoxy) is 3. The van der Waals surface area contributed by atoms with Crippen molar-refractivity contribution < 1.29 is 32.7 Å². The molecule has 0 saturated heterocycles. The number of amides is 1. The van der Waals surface area contributed by atoms with Crippen molar-refractivity contribution in [1.82, 2.24) is 9.56 Å². The standard InChI is InChI=1S/C24H20FN3O7/c1-14-9-21-26-17(11-23(30)28(21)35-14)12-34-24(31)15-3-8-20(32-2)19(10-15)27-22(29)13-33-18-6-4-16(25)5-7-18/h3-11H,12-13H2,1-2H3,(H,27,29). The molecular weight excluding hydrogens is 461 g/mol. The Morgan fingerprint density at radius 2 is 1.89 bits per heavy atom. The molecule has 10 nitrogen and oxygen atoms in total. The van der Waals surface area contributed by atoms with Crippen molar-refractivity contribution in [3.63, 3.8) is 0 Å². The molecule has 0 radical (unpaired) electrons. The predicted octanol–water partition coefficient (Wildman–Crippen LogP) is 3.12. The second-order valence-electron chi connectivity index (χ2n) is 7.37. The minimum absolute atomic E-state index is 0.137. The largest absolute Gasteiger partial charge is 0.495 e. The van der Waals surface area contributed by atoms with Gasteiger partial charge in [-0.1, -0.05) is 0 Å². The van der Waals surface area contributed by atoms with Crippen LogP contribution in [0.15, 0.2) is 63.9 Å². The molecule has 0 spiro atoms. The highest BCUT2D eigenvalue weighted by atomic mass is 19.1. The van der Waals surface area contributed by atoms with E-state index in [1.54, 1.807) is 13.0 Å². The second-order valence-corrected chi connectivity index (χ2v) is 7.37. The molecule has 1 N–H and O–H groups in total. The first-order valence-corrected chi connectivity index (χ1v) is 10.4. The first-order chi connectivity index (χ1) is 16.8. The molecule has 0 fully saturated rings. The maximum atomic E-state index is 13.0. The number of methoxy groups -OCH3 is 1. The molecule has 0 saturated carbocycles. The van der Waals surface area contributed by atoms with Gasteiger partial charge in [0.25, 0.3) is 11.5 Å². The average Bonchev–Trinajstić information content (AvgIpc) is 3.23. The lowest BCUT2D eigenvalue weighted by atomic mass is 10.2. The van der Waals surface area contributed by atoms with Crippen LogP contribution < -0.4 is 20.3 Å². The third-order valence-corrected chi connectivity index (χ3v) is 4.77. The van der Waals surface area contributed by atoms with Crippen molar-refractivity contribution in [3.05, 3.63) is 87.8 Å². The summed E-state index contributed by atoms with van der Waals surface area (Å²) in [6.45, 7) is 1.09. The van der Waals surface area contributed by atoms with E-state index in [-0.39, 0.29) is 30.2 Å². The van der Waals surface area contributed by atoms with Crippen LogP contribution in [0.4, 0.5) is 10.1 Å². The number of nitrogens with zero attached hydrogens (tertiary/aromatic N) is 2. The number of carbonyl (C=O) groups is 2. The van der Waals surface area contributed by atoms with Crippen LogP contribution in [0.1, 0.15) is 21.8 Å². The van der Waals surface area contributed by atoms with Crippen molar-refractivity contribution in [2.24, 2.45) is 0 Å². The number of benzene rings is 2. The van der Waals surface area contributed by atoms with Gasteiger partial charge in [0.1, 0.15) is 29.7 Å². The van der Waals surface area contributed by atoms with Gasteiger partial charge >= 0.3 is 5.97 Å². The number of esters is 1. The monoisotopic (exact) mass is 481 g/mol. The Hall–Kier alpha value is -4.67. The van der Waals surface area contributed by atoms with Crippen LogP contribution in [0.25, 0.3) is 5.65 Å². The van der Waals surface area contributed by atoms with Gasteiger partial charge in [0.15, 0.2) is 12.3 Å². The summed E-state index contributed by atoms with van der Waals surface area (Å²) in [6, 6.07) is 12.4. The summed E-state index contributed by atoms with van der Waals surface area (Å²) in [5, 5.41) is 2.60. The maximum Gasteiger partial charge on any atom is 0.338 e. The Labute approximate surface area is 197 Å². The van der Waals surface area contributed by atoms with E-state index < -0.39 is 23.3 Å². The van der Waals surface area contributed by atoms with Crippen LogP contribution >= 0.6 is 0 Å². The van der Waals surface area contributed by atoms with E-state index in [0.717, 1.165) is 4.57 Å². The van der Waals surface area contributed by atoms with E-state index in [1.165, 1.54) is 55.6 Å². The van der Waals surface area contributed by atoms with Crippen LogP contribution in [0.3, 0.4) is 0 Å². The summed E-state index contributed by atoms with van der Waals surface area (Å²) in [5.41, 5.74) is 0.479. The molecule has 2 aromatic heterocycles. The fourth-order valence-electron chi connectivity index (χ4n) is 3.17. The third kappa shape index (κ3) is 5.64. The molecule has 180 valence electrons. The van der Waals surface area contributed by atoms with Gasteiger partial charge in [0.2, 0.25) is 0 Å². The Balaban J connectivity index is 1.41. The lowest BCUT2D eigenvalue weighted by molar-refractivity contribution is -0.118. The number of nitrogens with one attached hydrogen (secondary N) is 1. The quantitative estimate of drug-likeness (QED) is 0.381. The van der Waals surface area contributed by atoms with Gasteiger partial charge in [-0.25, -0.2) is 14.2 Å². The van der Waals surface area contributed by atoms with Crippen molar-refractivity contribution >= 4 is 23.2 Å². The Morgan fingerprint density at radius 1 is 1.11 bits per heavy atom. The highest BCUT2D eigenvalue weighted by molar-refractivity contribution is 5.96. The molecule has 0 atom stereocenters. The zero-order valence-electron chi connectivity index (χ0n) is 18.7. The first-order valence-electron chi connectivity index (χ1n) is 10.4. The average molecular weight is 481 g/mol. The van der Waals surface area contributed by atoms with Crippen LogP contribution in [0.5, 0.6) is 11.5 Å². The van der Waals surface area contributed by atoms with Crippen molar-refractivity contribution in [3.8, 4) is 11.5 Å². The molecular formula is C24H20FN3O7. The number of hydrogen-bond acceptors (Lipinski definition) is 8. The molecule has 35 heavy (non-hydrogen) atoms.